The highest BCUT2D eigenvalue weighted by atomic mass is 16.6. The molecule has 47 heavy (non-hydrogen) atoms. The van der Waals surface area contributed by atoms with E-state index in [0.717, 1.165) is 12.2 Å². The molecule has 240 valence electrons. The Labute approximate surface area is 269 Å². The highest BCUT2D eigenvalue weighted by molar-refractivity contribution is 6.07. The van der Waals surface area contributed by atoms with Crippen LogP contribution >= 0.6 is 0 Å². The van der Waals surface area contributed by atoms with Gasteiger partial charge in [0.15, 0.2) is 5.76 Å². The van der Waals surface area contributed by atoms with Gasteiger partial charge in [-0.2, -0.15) is 5.26 Å². The summed E-state index contributed by atoms with van der Waals surface area (Å²) in [5.41, 5.74) is 2.19. The van der Waals surface area contributed by atoms with E-state index in [2.05, 4.69) is 21.7 Å². The molecule has 0 radical (unpaired) electrons. The third-order valence-corrected chi connectivity index (χ3v) is 6.44. The van der Waals surface area contributed by atoms with E-state index in [0.29, 0.717) is 51.8 Å². The van der Waals surface area contributed by atoms with Gasteiger partial charge in [-0.3, -0.25) is 9.78 Å². The van der Waals surface area contributed by atoms with Crippen molar-refractivity contribution in [2.45, 2.75) is 6.92 Å². The first kappa shape index (κ1) is 33.7. The quantitative estimate of drug-likeness (QED) is 0.232. The van der Waals surface area contributed by atoms with Gasteiger partial charge in [-0.05, 0) is 57.4 Å². The fourth-order valence-corrected chi connectivity index (χ4v) is 4.51. The fourth-order valence-electron chi connectivity index (χ4n) is 4.51. The number of amides is 1. The number of carbonyl (C=O) groups is 3. The number of aromatic nitrogens is 1. The minimum absolute atomic E-state index is 0. The summed E-state index contributed by atoms with van der Waals surface area (Å²) in [6, 6.07) is 21.4. The van der Waals surface area contributed by atoms with E-state index in [9.17, 15) is 19.6 Å². The Morgan fingerprint density at radius 3 is 2.43 bits per heavy atom. The number of nitrogens with zero attached hydrogens (tertiary/aromatic N) is 3. The summed E-state index contributed by atoms with van der Waals surface area (Å²) in [7, 11) is 3.41. The van der Waals surface area contributed by atoms with Crippen LogP contribution in [0.4, 0.5) is 17.1 Å². The number of esters is 2. The summed E-state index contributed by atoms with van der Waals surface area (Å²) in [5, 5.41) is 16.7. The number of nitrogens with one attached hydrogen (secondary N) is 2. The van der Waals surface area contributed by atoms with E-state index < -0.39 is 23.6 Å². The van der Waals surface area contributed by atoms with E-state index in [4.69, 9.17) is 18.9 Å². The molecule has 0 unspecified atom stereocenters. The third-order valence-electron chi connectivity index (χ3n) is 6.44. The monoisotopic (exact) mass is 637 g/mol. The van der Waals surface area contributed by atoms with Crippen LogP contribution in [-0.4, -0.2) is 60.5 Å². The zero-order valence-electron chi connectivity index (χ0n) is 25.7. The first-order chi connectivity index (χ1) is 22.2. The summed E-state index contributed by atoms with van der Waals surface area (Å²) >= 11 is 0. The molecule has 0 saturated carbocycles. The summed E-state index contributed by atoms with van der Waals surface area (Å²) in [4.78, 5) is 43.8. The Balaban J connectivity index is 0.00000500. The number of nitriles is 1. The van der Waals surface area contributed by atoms with Crippen molar-refractivity contribution >= 4 is 45.8 Å². The molecule has 1 aliphatic rings. The molecule has 13 heteroatoms. The number of cyclic esters (lactones) is 2. The molecule has 0 aliphatic carbocycles. The van der Waals surface area contributed by atoms with Crippen LogP contribution < -0.4 is 20.1 Å². The molecule has 0 atom stereocenters. The molecular weight excluding hydrogens is 606 g/mol. The molecule has 0 bridgehead atoms. The van der Waals surface area contributed by atoms with Gasteiger partial charge in [-0.25, -0.2) is 9.59 Å². The van der Waals surface area contributed by atoms with Gasteiger partial charge in [0.2, 0.25) is 5.76 Å². The summed E-state index contributed by atoms with van der Waals surface area (Å²) in [6.07, 6.45) is 3.42. The van der Waals surface area contributed by atoms with Crippen LogP contribution in [-0.2, 0) is 23.9 Å². The minimum atomic E-state index is -0.897. The molecule has 2 heterocycles. The normalized spacial score (nSPS) is 14.9. The van der Waals surface area contributed by atoms with Crippen LogP contribution in [0.15, 0.2) is 96.6 Å². The highest BCUT2D eigenvalue weighted by Gasteiger charge is 2.26. The molecule has 3 aromatic carbocycles. The van der Waals surface area contributed by atoms with E-state index >= 15 is 0 Å². The lowest BCUT2D eigenvalue weighted by molar-refractivity contribution is -0.142. The first-order valence-corrected chi connectivity index (χ1v) is 14.1. The Morgan fingerprint density at radius 2 is 1.72 bits per heavy atom. The van der Waals surface area contributed by atoms with Gasteiger partial charge in [0.1, 0.15) is 23.3 Å². The lowest BCUT2D eigenvalue weighted by Gasteiger charge is -2.19. The van der Waals surface area contributed by atoms with Crippen molar-refractivity contribution in [2.24, 2.45) is 0 Å². The fraction of sp³-hybridized carbons (Fsp3) is 0.147. The van der Waals surface area contributed by atoms with Crippen molar-refractivity contribution in [3.8, 4) is 23.3 Å². The number of fused-ring (bicyclic) bond motifs is 1. The van der Waals surface area contributed by atoms with Gasteiger partial charge in [0.25, 0.3) is 5.91 Å². The average Bonchev–Trinajstić information content (AvgIpc) is 3.03. The third kappa shape index (κ3) is 8.28. The SMILES string of the molecule is CCOc1cc(Oc2ccccc2)cc(C#N)c1Nc1ccnc2ccc(NC(=O)/C3=C(/CN(C)C)OC(=O)/C=C\C(=O)O3)cc12.O. The molecular formula is C34H31N5O8. The number of hydrogen-bond acceptors (Lipinski definition) is 11. The predicted molar refractivity (Wildman–Crippen MR) is 173 cm³/mol. The molecule has 0 saturated heterocycles. The van der Waals surface area contributed by atoms with Crippen LogP contribution in [0.25, 0.3) is 10.9 Å². The van der Waals surface area contributed by atoms with E-state index in [1.807, 2.05) is 37.3 Å². The number of anilines is 3. The van der Waals surface area contributed by atoms with Crippen molar-refractivity contribution in [3.05, 3.63) is 102 Å². The van der Waals surface area contributed by atoms with Crippen molar-refractivity contribution in [2.75, 3.05) is 37.9 Å². The second-order valence-corrected chi connectivity index (χ2v) is 10.1. The van der Waals surface area contributed by atoms with Crippen LogP contribution in [0.5, 0.6) is 17.2 Å². The Morgan fingerprint density at radius 1 is 0.979 bits per heavy atom. The van der Waals surface area contributed by atoms with Crippen molar-refractivity contribution < 1.29 is 38.8 Å². The highest BCUT2D eigenvalue weighted by Crippen LogP contribution is 2.39. The van der Waals surface area contributed by atoms with Crippen LogP contribution in [0.2, 0.25) is 0 Å². The number of para-hydroxylation sites is 1. The number of rotatable bonds is 10. The molecule has 1 aliphatic heterocycles. The second-order valence-electron chi connectivity index (χ2n) is 10.1. The lowest BCUT2D eigenvalue weighted by atomic mass is 10.1. The summed E-state index contributed by atoms with van der Waals surface area (Å²) in [6.45, 7) is 2.19. The topological polar surface area (TPSA) is 184 Å². The maximum absolute atomic E-state index is 13.4. The molecule has 0 spiro atoms. The Bertz CT molecular complexity index is 1920. The summed E-state index contributed by atoms with van der Waals surface area (Å²) < 4.78 is 22.4. The zero-order valence-corrected chi connectivity index (χ0v) is 25.7. The van der Waals surface area contributed by atoms with E-state index in [1.54, 1.807) is 61.6 Å². The zero-order chi connectivity index (χ0) is 32.6. The maximum Gasteiger partial charge on any atom is 0.336 e. The largest absolute Gasteiger partial charge is 0.492 e. The standard InChI is InChI=1S/C34H29N5O7.H2O/c1-4-43-28-18-24(44-23-8-6-5-7-9-23)16-21(19-35)32(28)38-27-14-15-36-26-11-10-22(17-25(26)27)37-34(42)33-29(20-39(2)3)45-30(40)12-13-31(41)46-33;/h5-18H,4,20H2,1-3H3,(H,36,38)(H,37,42);1H2/b13-12-,33-29+;. The van der Waals surface area contributed by atoms with Gasteiger partial charge in [-0.1, -0.05) is 18.2 Å². The van der Waals surface area contributed by atoms with Crippen LogP contribution in [0.3, 0.4) is 0 Å². The minimum Gasteiger partial charge on any atom is -0.492 e. The number of carbonyl (C=O) groups excluding carboxylic acids is 3. The first-order valence-electron chi connectivity index (χ1n) is 14.1. The van der Waals surface area contributed by atoms with E-state index in [-0.39, 0.29) is 23.3 Å². The van der Waals surface area contributed by atoms with Gasteiger partial charge >= 0.3 is 11.9 Å². The van der Waals surface area contributed by atoms with Gasteiger partial charge < -0.3 is 40.0 Å². The molecule has 1 amide bonds. The van der Waals surface area contributed by atoms with Crippen molar-refractivity contribution in [1.29, 1.82) is 5.26 Å². The predicted octanol–water partition coefficient (Wildman–Crippen LogP) is 4.58. The summed E-state index contributed by atoms with van der Waals surface area (Å²) in [5.74, 6) is -1.64. The average molecular weight is 638 g/mol. The second kappa shape index (κ2) is 15.2. The number of benzene rings is 3. The van der Waals surface area contributed by atoms with Crippen molar-refractivity contribution in [1.82, 2.24) is 9.88 Å². The molecule has 1 aromatic heterocycles. The number of likely N-dealkylation sites (N-methyl/N-ethyl adjacent to an activating group) is 1. The molecule has 4 aromatic rings. The smallest absolute Gasteiger partial charge is 0.336 e. The van der Waals surface area contributed by atoms with Crippen LogP contribution in [0.1, 0.15) is 12.5 Å². The number of ether oxygens (including phenoxy) is 4. The van der Waals surface area contributed by atoms with Gasteiger partial charge in [0.05, 0.1) is 29.9 Å². The number of hydrogen-bond donors (Lipinski definition) is 2. The molecule has 4 N–H and O–H groups in total. The molecule has 5 rings (SSSR count). The van der Waals surface area contributed by atoms with Crippen LogP contribution in [0, 0.1) is 11.3 Å². The van der Waals surface area contributed by atoms with E-state index in [1.165, 1.54) is 0 Å². The Kier molecular flexibility index (Phi) is 10.9. The van der Waals surface area contributed by atoms with Gasteiger partial charge in [0, 0.05) is 47.2 Å². The Hall–Kier alpha value is -6.23. The molecule has 0 fully saturated rings. The van der Waals surface area contributed by atoms with Gasteiger partial charge in [-0.15, -0.1) is 0 Å². The van der Waals surface area contributed by atoms with Crippen molar-refractivity contribution in [3.63, 3.8) is 0 Å². The number of pyridine rings is 1. The lowest BCUT2D eigenvalue weighted by Crippen LogP contribution is -2.27. The molecule has 13 nitrogen and oxygen atoms in total. The maximum atomic E-state index is 13.4.